The van der Waals surface area contributed by atoms with Crippen molar-refractivity contribution in [1.82, 2.24) is 10.2 Å². The summed E-state index contributed by atoms with van der Waals surface area (Å²) in [5.74, 6) is -0.269. The summed E-state index contributed by atoms with van der Waals surface area (Å²) in [6.45, 7) is 3.95. The highest BCUT2D eigenvalue weighted by Gasteiger charge is 2.32. The molecule has 0 bridgehead atoms. The Bertz CT molecular complexity index is 614. The van der Waals surface area contributed by atoms with Gasteiger partial charge < -0.3 is 34.3 Å². The van der Waals surface area contributed by atoms with Gasteiger partial charge in [0.2, 0.25) is 5.91 Å². The first-order chi connectivity index (χ1) is 14.1. The average molecular weight is 410 g/mol. The monoisotopic (exact) mass is 410 g/mol. The highest BCUT2D eigenvalue weighted by molar-refractivity contribution is 5.86. The van der Waals surface area contributed by atoms with Crippen LogP contribution in [-0.2, 0) is 23.7 Å². The molecule has 0 spiro atoms. The van der Waals surface area contributed by atoms with Crippen molar-refractivity contribution < 1.29 is 33.6 Å². The SMILES string of the molecule is COCCOCCOCCO[C@H]1CCN(C(=O)[C@@H](NC(=O)O)c2ccccc2)C1. The lowest BCUT2D eigenvalue weighted by Gasteiger charge is -2.23. The number of carbonyl (C=O) groups excluding carboxylic acids is 1. The molecule has 0 aliphatic carbocycles. The molecule has 29 heavy (non-hydrogen) atoms. The third-order valence-electron chi connectivity index (χ3n) is 4.49. The van der Waals surface area contributed by atoms with Crippen LogP contribution in [0.25, 0.3) is 0 Å². The van der Waals surface area contributed by atoms with Crippen molar-refractivity contribution in [3.05, 3.63) is 35.9 Å². The summed E-state index contributed by atoms with van der Waals surface area (Å²) in [6, 6.07) is 7.92. The predicted molar refractivity (Wildman–Crippen MR) is 105 cm³/mol. The van der Waals surface area contributed by atoms with E-state index in [4.69, 9.17) is 24.1 Å². The molecule has 1 aliphatic heterocycles. The Morgan fingerprint density at radius 3 is 2.41 bits per heavy atom. The number of carbonyl (C=O) groups is 2. The van der Waals surface area contributed by atoms with E-state index in [1.54, 1.807) is 36.3 Å². The Kier molecular flexibility index (Phi) is 10.4. The maximum absolute atomic E-state index is 12.8. The van der Waals surface area contributed by atoms with Crippen molar-refractivity contribution in [3.8, 4) is 0 Å². The number of methoxy groups -OCH3 is 1. The predicted octanol–water partition coefficient (Wildman–Crippen LogP) is 1.29. The molecule has 9 heteroatoms. The maximum Gasteiger partial charge on any atom is 0.405 e. The molecule has 2 atom stereocenters. The quantitative estimate of drug-likeness (QED) is 0.472. The lowest BCUT2D eigenvalue weighted by molar-refractivity contribution is -0.133. The fourth-order valence-electron chi connectivity index (χ4n) is 3.04. The number of ether oxygens (including phenoxy) is 4. The van der Waals surface area contributed by atoms with Crippen LogP contribution in [0.3, 0.4) is 0 Å². The Labute approximate surface area is 170 Å². The second-order valence-electron chi connectivity index (χ2n) is 6.58. The third kappa shape index (κ3) is 8.36. The minimum absolute atomic E-state index is 0.0817. The van der Waals surface area contributed by atoms with Gasteiger partial charge in [0.25, 0.3) is 0 Å². The Morgan fingerprint density at radius 1 is 1.10 bits per heavy atom. The van der Waals surface area contributed by atoms with Gasteiger partial charge in [0, 0.05) is 20.2 Å². The molecule has 2 N–H and O–H groups in total. The van der Waals surface area contributed by atoms with Crippen LogP contribution in [0.15, 0.2) is 30.3 Å². The average Bonchev–Trinajstić information content (AvgIpc) is 3.20. The van der Waals surface area contributed by atoms with E-state index >= 15 is 0 Å². The summed E-state index contributed by atoms with van der Waals surface area (Å²) in [6.07, 6.45) is -0.607. The largest absolute Gasteiger partial charge is 0.465 e. The van der Waals surface area contributed by atoms with Gasteiger partial charge in [-0.15, -0.1) is 0 Å². The van der Waals surface area contributed by atoms with Crippen molar-refractivity contribution in [2.24, 2.45) is 0 Å². The van der Waals surface area contributed by atoms with Crippen molar-refractivity contribution >= 4 is 12.0 Å². The van der Waals surface area contributed by atoms with Gasteiger partial charge in [-0.25, -0.2) is 4.79 Å². The minimum Gasteiger partial charge on any atom is -0.465 e. The van der Waals surface area contributed by atoms with Crippen molar-refractivity contribution in [3.63, 3.8) is 0 Å². The van der Waals surface area contributed by atoms with Crippen LogP contribution in [0, 0.1) is 0 Å². The number of benzene rings is 1. The van der Waals surface area contributed by atoms with E-state index in [2.05, 4.69) is 5.32 Å². The normalized spacial score (nSPS) is 17.3. The molecule has 9 nitrogen and oxygen atoms in total. The molecule has 1 aromatic carbocycles. The number of amides is 2. The summed E-state index contributed by atoms with van der Waals surface area (Å²) >= 11 is 0. The van der Waals surface area contributed by atoms with Gasteiger partial charge in [-0.3, -0.25) is 4.79 Å². The van der Waals surface area contributed by atoms with E-state index in [9.17, 15) is 9.59 Å². The smallest absolute Gasteiger partial charge is 0.405 e. The summed E-state index contributed by atoms with van der Waals surface area (Å²) in [7, 11) is 1.62. The van der Waals surface area contributed by atoms with Crippen LogP contribution in [-0.4, -0.2) is 88.0 Å². The first kappa shape index (κ1) is 23.1. The molecule has 1 aromatic rings. The van der Waals surface area contributed by atoms with Crippen LogP contribution in [0.1, 0.15) is 18.0 Å². The molecule has 0 saturated carbocycles. The first-order valence-corrected chi connectivity index (χ1v) is 9.71. The number of rotatable bonds is 13. The number of nitrogens with one attached hydrogen (secondary N) is 1. The molecule has 162 valence electrons. The lowest BCUT2D eigenvalue weighted by Crippen LogP contribution is -2.42. The van der Waals surface area contributed by atoms with Gasteiger partial charge in [-0.1, -0.05) is 30.3 Å². The maximum atomic E-state index is 12.8. The second-order valence-corrected chi connectivity index (χ2v) is 6.58. The summed E-state index contributed by atoms with van der Waals surface area (Å²) in [4.78, 5) is 25.6. The fourth-order valence-corrected chi connectivity index (χ4v) is 3.04. The molecule has 0 radical (unpaired) electrons. The zero-order valence-electron chi connectivity index (χ0n) is 16.7. The molecule has 2 rings (SSSR count). The van der Waals surface area contributed by atoms with Gasteiger partial charge >= 0.3 is 6.09 Å². The topological polar surface area (TPSA) is 107 Å². The number of nitrogens with zero attached hydrogens (tertiary/aromatic N) is 1. The highest BCUT2D eigenvalue weighted by Crippen LogP contribution is 2.20. The lowest BCUT2D eigenvalue weighted by atomic mass is 10.1. The fraction of sp³-hybridized carbons (Fsp3) is 0.600. The van der Waals surface area contributed by atoms with E-state index in [0.717, 1.165) is 0 Å². The summed E-state index contributed by atoms with van der Waals surface area (Å²) < 4.78 is 21.4. The number of likely N-dealkylation sites (tertiary alicyclic amines) is 1. The van der Waals surface area contributed by atoms with Crippen LogP contribution >= 0.6 is 0 Å². The van der Waals surface area contributed by atoms with E-state index in [-0.39, 0.29) is 12.0 Å². The zero-order chi connectivity index (χ0) is 20.9. The van der Waals surface area contributed by atoms with Gasteiger partial charge in [-0.2, -0.15) is 0 Å². The van der Waals surface area contributed by atoms with E-state index in [0.29, 0.717) is 64.7 Å². The molecule has 2 amide bonds. The summed E-state index contributed by atoms with van der Waals surface area (Å²) in [5.41, 5.74) is 0.616. The first-order valence-electron chi connectivity index (χ1n) is 9.71. The molecule has 1 aliphatic rings. The number of carboxylic acid groups (broad SMARTS) is 1. The third-order valence-corrected chi connectivity index (χ3v) is 4.49. The molecule has 1 saturated heterocycles. The summed E-state index contributed by atoms with van der Waals surface area (Å²) in [5, 5.41) is 11.4. The highest BCUT2D eigenvalue weighted by atomic mass is 16.6. The molecule has 0 unspecified atom stereocenters. The Hall–Kier alpha value is -2.20. The zero-order valence-corrected chi connectivity index (χ0v) is 16.7. The van der Waals surface area contributed by atoms with E-state index in [1.165, 1.54) is 0 Å². The van der Waals surface area contributed by atoms with Crippen molar-refractivity contribution in [2.75, 3.05) is 59.8 Å². The van der Waals surface area contributed by atoms with Crippen LogP contribution in [0.2, 0.25) is 0 Å². The van der Waals surface area contributed by atoms with Crippen LogP contribution in [0.4, 0.5) is 4.79 Å². The van der Waals surface area contributed by atoms with Crippen molar-refractivity contribution in [1.29, 1.82) is 0 Å². The van der Waals surface area contributed by atoms with Gasteiger partial charge in [0.15, 0.2) is 0 Å². The van der Waals surface area contributed by atoms with Gasteiger partial charge in [-0.05, 0) is 12.0 Å². The minimum atomic E-state index is -1.23. The Balaban J connectivity index is 1.69. The Morgan fingerprint density at radius 2 is 1.76 bits per heavy atom. The van der Waals surface area contributed by atoms with E-state index < -0.39 is 12.1 Å². The number of hydrogen-bond donors (Lipinski definition) is 2. The molecule has 1 fully saturated rings. The standard InChI is InChI=1S/C20H30N2O7/c1-26-9-10-27-11-12-28-13-14-29-17-7-8-22(15-17)19(23)18(21-20(24)25)16-5-3-2-4-6-16/h2-6,17-18,21H,7-15H2,1H3,(H,24,25)/t17-,18-/m0/s1. The second kappa shape index (κ2) is 13.1. The van der Waals surface area contributed by atoms with Crippen molar-refractivity contribution in [2.45, 2.75) is 18.6 Å². The van der Waals surface area contributed by atoms with Crippen LogP contribution in [0.5, 0.6) is 0 Å². The molecular formula is C20H30N2O7. The van der Waals surface area contributed by atoms with Gasteiger partial charge in [0.1, 0.15) is 6.04 Å². The van der Waals surface area contributed by atoms with Crippen LogP contribution < -0.4 is 5.32 Å². The van der Waals surface area contributed by atoms with E-state index in [1.807, 2.05) is 6.07 Å². The van der Waals surface area contributed by atoms with Gasteiger partial charge in [0.05, 0.1) is 45.7 Å². The molecule has 1 heterocycles. The number of hydrogen-bond acceptors (Lipinski definition) is 6. The molecule has 0 aromatic heterocycles. The molecular weight excluding hydrogens is 380 g/mol.